The van der Waals surface area contributed by atoms with Crippen molar-refractivity contribution in [2.75, 3.05) is 23.9 Å². The Morgan fingerprint density at radius 3 is 2.60 bits per heavy atom. The van der Waals surface area contributed by atoms with Gasteiger partial charge in [-0.3, -0.25) is 19.8 Å². The van der Waals surface area contributed by atoms with Gasteiger partial charge in [-0.15, -0.1) is 0 Å². The standard InChI is InChI=1S/C26H28ClN3O5/c1-26(2,16-34-15-17-4-10-20(33-3)11-5-17)22-14-23(35-29-22)28-25(32)21-12-13-24(31)30(21)19-8-6-18(27)7-9-19/h4-11,14,21H,12-13,15-16H2,1-3H3,(H,28,32)/t21-/m0/s1. The number of aromatic nitrogens is 1. The van der Waals surface area contributed by atoms with E-state index in [9.17, 15) is 9.59 Å². The van der Waals surface area contributed by atoms with Crippen molar-refractivity contribution in [3.05, 3.63) is 70.9 Å². The summed E-state index contributed by atoms with van der Waals surface area (Å²) in [5, 5.41) is 7.46. The van der Waals surface area contributed by atoms with Crippen LogP contribution in [0.1, 0.15) is 37.9 Å². The summed E-state index contributed by atoms with van der Waals surface area (Å²) in [4.78, 5) is 26.9. The van der Waals surface area contributed by atoms with Crippen molar-refractivity contribution in [3.8, 4) is 5.75 Å². The number of carbonyl (C=O) groups excluding carboxylic acids is 2. The van der Waals surface area contributed by atoms with E-state index in [1.54, 1.807) is 37.4 Å². The molecule has 0 saturated carbocycles. The van der Waals surface area contributed by atoms with Crippen LogP contribution in [0.3, 0.4) is 0 Å². The van der Waals surface area contributed by atoms with Crippen LogP contribution in [0.15, 0.2) is 59.1 Å². The number of nitrogens with zero attached hydrogens (tertiary/aromatic N) is 2. The fraction of sp³-hybridized carbons (Fsp3) is 0.346. The zero-order valence-corrected chi connectivity index (χ0v) is 20.7. The van der Waals surface area contributed by atoms with Crippen molar-refractivity contribution in [1.82, 2.24) is 5.16 Å². The van der Waals surface area contributed by atoms with Crippen molar-refractivity contribution in [3.63, 3.8) is 0 Å². The molecular formula is C26H28ClN3O5. The Balaban J connectivity index is 1.36. The molecule has 0 unspecified atom stereocenters. The Morgan fingerprint density at radius 1 is 1.20 bits per heavy atom. The number of carbonyl (C=O) groups is 2. The third kappa shape index (κ3) is 5.83. The second-order valence-electron chi connectivity index (χ2n) is 9.09. The minimum atomic E-state index is -0.641. The van der Waals surface area contributed by atoms with Gasteiger partial charge in [0.25, 0.3) is 0 Å². The van der Waals surface area contributed by atoms with Gasteiger partial charge in [0, 0.05) is 28.6 Å². The molecular weight excluding hydrogens is 470 g/mol. The van der Waals surface area contributed by atoms with Crippen molar-refractivity contribution in [2.45, 2.75) is 44.8 Å². The van der Waals surface area contributed by atoms with E-state index >= 15 is 0 Å². The third-order valence-corrected chi connectivity index (χ3v) is 6.21. The molecule has 1 N–H and O–H groups in total. The number of ether oxygens (including phenoxy) is 2. The summed E-state index contributed by atoms with van der Waals surface area (Å²) in [6, 6.07) is 15.6. The summed E-state index contributed by atoms with van der Waals surface area (Å²) in [7, 11) is 1.63. The molecule has 3 aromatic rings. The number of hydrogen-bond acceptors (Lipinski definition) is 6. The Morgan fingerprint density at radius 2 is 1.91 bits per heavy atom. The minimum absolute atomic E-state index is 0.110. The number of halogens is 1. The van der Waals surface area contributed by atoms with Gasteiger partial charge >= 0.3 is 0 Å². The highest BCUT2D eigenvalue weighted by Crippen LogP contribution is 2.30. The average molecular weight is 498 g/mol. The molecule has 9 heteroatoms. The first-order valence-corrected chi connectivity index (χ1v) is 11.7. The zero-order valence-electron chi connectivity index (χ0n) is 19.9. The summed E-state index contributed by atoms with van der Waals surface area (Å²) < 4.78 is 16.5. The summed E-state index contributed by atoms with van der Waals surface area (Å²) in [6.45, 7) is 4.83. The molecule has 4 rings (SSSR count). The molecule has 35 heavy (non-hydrogen) atoms. The number of benzene rings is 2. The van der Waals surface area contributed by atoms with Gasteiger partial charge in [-0.1, -0.05) is 42.7 Å². The van der Waals surface area contributed by atoms with Gasteiger partial charge in [0.15, 0.2) is 0 Å². The molecule has 1 aliphatic heterocycles. The maximum atomic E-state index is 13.0. The Bertz CT molecular complexity index is 1170. The van der Waals surface area contributed by atoms with Gasteiger partial charge in [-0.05, 0) is 48.4 Å². The first-order valence-electron chi connectivity index (χ1n) is 11.3. The van der Waals surface area contributed by atoms with E-state index < -0.39 is 11.5 Å². The lowest BCUT2D eigenvalue weighted by molar-refractivity contribution is -0.120. The quantitative estimate of drug-likeness (QED) is 0.449. The predicted molar refractivity (Wildman–Crippen MR) is 133 cm³/mol. The highest BCUT2D eigenvalue weighted by atomic mass is 35.5. The number of anilines is 2. The summed E-state index contributed by atoms with van der Waals surface area (Å²) >= 11 is 5.96. The van der Waals surface area contributed by atoms with Gasteiger partial charge in [0.05, 0.1) is 26.0 Å². The highest BCUT2D eigenvalue weighted by Gasteiger charge is 2.37. The van der Waals surface area contributed by atoms with E-state index in [4.69, 9.17) is 25.6 Å². The van der Waals surface area contributed by atoms with Gasteiger partial charge in [-0.25, -0.2) is 0 Å². The summed E-state index contributed by atoms with van der Waals surface area (Å²) in [5.74, 6) is 0.580. The van der Waals surface area contributed by atoms with Crippen LogP contribution in [0.5, 0.6) is 5.75 Å². The molecule has 2 amide bonds. The van der Waals surface area contributed by atoms with Crippen LogP contribution in [-0.4, -0.2) is 36.7 Å². The Labute approximate surface area is 209 Å². The number of nitrogens with one attached hydrogen (secondary N) is 1. The van der Waals surface area contributed by atoms with E-state index in [1.807, 2.05) is 38.1 Å². The fourth-order valence-electron chi connectivity index (χ4n) is 3.94. The van der Waals surface area contributed by atoms with Crippen LogP contribution in [0, 0.1) is 0 Å². The van der Waals surface area contributed by atoms with Crippen molar-refractivity contribution < 1.29 is 23.6 Å². The molecule has 1 saturated heterocycles. The number of methoxy groups -OCH3 is 1. The first-order chi connectivity index (χ1) is 16.8. The maximum absolute atomic E-state index is 13.0. The lowest BCUT2D eigenvalue weighted by Crippen LogP contribution is -2.41. The topological polar surface area (TPSA) is 93.9 Å². The molecule has 0 aliphatic carbocycles. The lowest BCUT2D eigenvalue weighted by atomic mass is 9.90. The molecule has 2 heterocycles. The van der Waals surface area contributed by atoms with Gasteiger partial charge in [0.2, 0.25) is 17.7 Å². The lowest BCUT2D eigenvalue weighted by Gasteiger charge is -2.23. The molecule has 184 valence electrons. The Hall–Kier alpha value is -3.36. The van der Waals surface area contributed by atoms with E-state index in [2.05, 4.69) is 10.5 Å². The van der Waals surface area contributed by atoms with Gasteiger partial charge in [0.1, 0.15) is 11.8 Å². The van der Waals surface area contributed by atoms with Gasteiger partial charge < -0.3 is 14.0 Å². The monoisotopic (exact) mass is 497 g/mol. The second kappa shape index (κ2) is 10.5. The van der Waals surface area contributed by atoms with Crippen molar-refractivity contribution >= 4 is 35.0 Å². The molecule has 1 atom stereocenters. The van der Waals surface area contributed by atoms with Crippen LogP contribution in [0.2, 0.25) is 5.02 Å². The van der Waals surface area contributed by atoms with E-state index in [1.165, 1.54) is 4.90 Å². The first kappa shape index (κ1) is 24.8. The molecule has 0 spiro atoms. The SMILES string of the molecule is COc1ccc(COCC(C)(C)c2cc(NC(=O)[C@@H]3CCC(=O)N3c3ccc(Cl)cc3)on2)cc1. The largest absolute Gasteiger partial charge is 0.497 e. The normalized spacial score (nSPS) is 15.9. The molecule has 1 fully saturated rings. The summed E-state index contributed by atoms with van der Waals surface area (Å²) in [6.07, 6.45) is 0.708. The van der Waals surface area contributed by atoms with E-state index in [-0.39, 0.29) is 17.7 Å². The van der Waals surface area contributed by atoms with Crippen molar-refractivity contribution in [1.29, 1.82) is 0 Å². The van der Waals surface area contributed by atoms with Crippen LogP contribution < -0.4 is 15.0 Å². The number of amides is 2. The molecule has 0 radical (unpaired) electrons. The molecule has 8 nitrogen and oxygen atoms in total. The minimum Gasteiger partial charge on any atom is -0.497 e. The summed E-state index contributed by atoms with van der Waals surface area (Å²) in [5.41, 5.74) is 1.87. The van der Waals surface area contributed by atoms with E-state index in [0.717, 1.165) is 11.3 Å². The van der Waals surface area contributed by atoms with Crippen LogP contribution in [0.25, 0.3) is 0 Å². The molecule has 1 aliphatic rings. The number of rotatable bonds is 9. The van der Waals surface area contributed by atoms with E-state index in [0.29, 0.717) is 42.5 Å². The smallest absolute Gasteiger partial charge is 0.249 e. The Kier molecular flexibility index (Phi) is 7.42. The van der Waals surface area contributed by atoms with Crippen molar-refractivity contribution in [2.24, 2.45) is 0 Å². The zero-order chi connectivity index (χ0) is 25.0. The van der Waals surface area contributed by atoms with Crippen LogP contribution >= 0.6 is 11.6 Å². The van der Waals surface area contributed by atoms with Crippen LogP contribution in [0.4, 0.5) is 11.6 Å². The van der Waals surface area contributed by atoms with Crippen LogP contribution in [-0.2, 0) is 26.3 Å². The molecule has 1 aromatic heterocycles. The molecule has 0 bridgehead atoms. The third-order valence-electron chi connectivity index (χ3n) is 5.96. The maximum Gasteiger partial charge on any atom is 0.249 e. The van der Waals surface area contributed by atoms with Gasteiger partial charge in [-0.2, -0.15) is 0 Å². The fourth-order valence-corrected chi connectivity index (χ4v) is 4.06. The number of hydrogen-bond donors (Lipinski definition) is 1. The second-order valence-corrected chi connectivity index (χ2v) is 9.52. The molecule has 2 aromatic carbocycles. The predicted octanol–water partition coefficient (Wildman–Crippen LogP) is 4.97. The highest BCUT2D eigenvalue weighted by molar-refractivity contribution is 6.30. The average Bonchev–Trinajstić information content (AvgIpc) is 3.47.